The number of carbonyl (C=O) groups is 2. The molecule has 2 atom stereocenters. The van der Waals surface area contributed by atoms with Crippen LogP contribution >= 0.6 is 15.9 Å². The molecule has 0 saturated carbocycles. The summed E-state index contributed by atoms with van der Waals surface area (Å²) in [5.74, 6) is -0.345. The Balaban J connectivity index is -0.0000000431. The minimum atomic E-state index is -4.01. The minimum Gasteiger partial charge on any atom is -0.471 e. The number of carbonyl (C=O) groups excluding carboxylic acids is 2. The molecule has 0 aromatic heterocycles. The van der Waals surface area contributed by atoms with E-state index in [0.717, 1.165) is 45.9 Å². The average Bonchev–Trinajstić information content (AvgIpc) is 3.15. The first kappa shape index (κ1) is 88.1. The van der Waals surface area contributed by atoms with Gasteiger partial charge in [-0.25, -0.2) is 9.36 Å². The van der Waals surface area contributed by atoms with E-state index in [4.69, 9.17) is 19.2 Å². The Labute approximate surface area is 362 Å². The molecular formula is C38H89O18P2S+. The van der Waals surface area contributed by atoms with Gasteiger partial charge in [-0.05, 0) is 54.6 Å². The molecule has 18 nitrogen and oxygen atoms in total. The predicted molar refractivity (Wildman–Crippen MR) is 242 cm³/mol. The van der Waals surface area contributed by atoms with Crippen LogP contribution in [0.4, 0.5) is 0 Å². The fraction of sp³-hybridized carbons (Fsp3) is 0.737. The Bertz CT molecular complexity index is 1060. The topological polar surface area (TPSA) is 224 Å². The van der Waals surface area contributed by atoms with Gasteiger partial charge in [0.1, 0.15) is 6.61 Å². The normalized spacial score (nSPS) is 9.71. The fourth-order valence-electron chi connectivity index (χ4n) is 1.53. The third kappa shape index (κ3) is 107. The number of benzene rings is 1. The summed E-state index contributed by atoms with van der Waals surface area (Å²) >= 11 is 0. The molecule has 0 fully saturated rings. The van der Waals surface area contributed by atoms with Gasteiger partial charge in [-0.2, -0.15) is 8.42 Å². The second-order valence-corrected chi connectivity index (χ2v) is 13.9. The Hall–Kier alpha value is -2.22. The number of rotatable bonds is 15. The van der Waals surface area contributed by atoms with Crippen molar-refractivity contribution in [3.05, 3.63) is 42.5 Å². The van der Waals surface area contributed by atoms with Crippen LogP contribution in [0.3, 0.4) is 0 Å². The van der Waals surface area contributed by atoms with Crippen LogP contribution in [0, 0.1) is 6.92 Å². The first-order chi connectivity index (χ1) is 25.7. The van der Waals surface area contributed by atoms with Gasteiger partial charge in [-0.1, -0.05) is 67.3 Å². The zero-order chi connectivity index (χ0) is 45.2. The Kier molecular flexibility index (Phi) is 109. The van der Waals surface area contributed by atoms with Crippen LogP contribution in [-0.4, -0.2) is 143 Å². The van der Waals surface area contributed by atoms with Crippen molar-refractivity contribution in [2.45, 2.75) is 88.2 Å². The van der Waals surface area contributed by atoms with E-state index in [1.807, 2.05) is 26.8 Å². The molecule has 0 aliphatic carbocycles. The Morgan fingerprint density at radius 3 is 1.32 bits per heavy atom. The number of aryl methyl sites for hydroxylation is 1. The number of hydrogen-bond donors (Lipinski definition) is 1. The quantitative estimate of drug-likeness (QED) is 0.0433. The minimum absolute atomic E-state index is 0. The molecule has 0 radical (unpaired) electrons. The molecule has 0 heterocycles. The maximum Gasteiger partial charge on any atom is 0.515 e. The lowest BCUT2D eigenvalue weighted by Gasteiger charge is -2.00. The second-order valence-electron chi connectivity index (χ2n) is 9.32. The van der Waals surface area contributed by atoms with E-state index in [0.29, 0.717) is 25.8 Å². The number of methoxy groups -OCH3 is 8. The van der Waals surface area contributed by atoms with Gasteiger partial charge >= 0.3 is 21.8 Å². The van der Waals surface area contributed by atoms with Crippen LogP contribution in [0.2, 0.25) is 0 Å². The second kappa shape index (κ2) is 73.3. The van der Waals surface area contributed by atoms with Crippen molar-refractivity contribution >= 4 is 38.4 Å². The molecule has 0 bridgehead atoms. The number of ether oxygens (including phenoxy) is 8. The summed E-state index contributed by atoms with van der Waals surface area (Å²) < 4.78 is 90.4. The summed E-state index contributed by atoms with van der Waals surface area (Å²) in [4.78, 5) is 27.6. The van der Waals surface area contributed by atoms with Gasteiger partial charge in [-0.3, -0.25) is 13.5 Å². The van der Waals surface area contributed by atoms with E-state index in [1.165, 1.54) is 33.5 Å². The van der Waals surface area contributed by atoms with Gasteiger partial charge in [0.05, 0.1) is 45.5 Å². The number of esters is 1. The zero-order valence-corrected chi connectivity index (χ0v) is 38.8. The summed E-state index contributed by atoms with van der Waals surface area (Å²) in [5.41, 5.74) is 1.02. The van der Waals surface area contributed by atoms with Gasteiger partial charge in [-0.15, -0.1) is 6.58 Å². The van der Waals surface area contributed by atoms with Crippen LogP contribution in [-0.2, 0) is 79.7 Å². The maximum atomic E-state index is 11.1. The van der Waals surface area contributed by atoms with Crippen LogP contribution in [0.25, 0.3) is 0 Å². The summed E-state index contributed by atoms with van der Waals surface area (Å²) in [6.45, 7) is 17.4. The summed E-state index contributed by atoms with van der Waals surface area (Å²) in [5, 5.41) is 0. The van der Waals surface area contributed by atoms with E-state index in [9.17, 15) is 22.3 Å². The highest BCUT2D eigenvalue weighted by atomic mass is 32.2. The molecule has 1 rings (SSSR count). The van der Waals surface area contributed by atoms with Crippen molar-refractivity contribution in [1.29, 1.82) is 0 Å². The largest absolute Gasteiger partial charge is 0.515 e. The predicted octanol–water partition coefficient (Wildman–Crippen LogP) is 8.80. The highest BCUT2D eigenvalue weighted by Crippen LogP contribution is 2.49. The maximum absolute atomic E-state index is 11.1. The van der Waals surface area contributed by atoms with Crippen molar-refractivity contribution < 1.29 is 82.9 Å². The standard InChI is InChI=1S/C8H10O3S.C4H8O3.C4H10O2.2C4H10O.C4H8.C2H6O5P2.C2H4O2.C2H6O.4CH4/c1-7-3-5-8(6-4-7)12(9,10)11-2;1-6-3-4(5)7-2;1-5-3-4-6-2;1-4(2)5-3;1-3-4-5-2;1-3-4-2;1-6-9(4,5)7-8(2)3;1-4-2-3;1-3-2;;;;/h3-6H,1-2H3;3H2,1-2H3;3-4H2,1-2H3;4H,1-3H3;3-4H2,1-2H3;3H,1,4H2,2H3;1-2H3;2H,1H3;1-2H3;4*1H4/p+1. The Morgan fingerprint density at radius 2 is 1.19 bits per heavy atom. The van der Waals surface area contributed by atoms with Gasteiger partial charge in [0, 0.05) is 63.5 Å². The molecule has 1 aromatic rings. The third-order valence-electron chi connectivity index (χ3n) is 4.22. The average molecular weight is 928 g/mol. The van der Waals surface area contributed by atoms with E-state index >= 15 is 0 Å². The van der Waals surface area contributed by atoms with Crippen LogP contribution in [0.1, 0.15) is 75.8 Å². The molecule has 0 aliphatic rings. The molecule has 0 amide bonds. The first-order valence-corrected chi connectivity index (χ1v) is 20.6. The highest BCUT2D eigenvalue weighted by molar-refractivity contribution is 7.86. The lowest BCUT2D eigenvalue weighted by Crippen LogP contribution is -2.07. The molecular weight excluding hydrogens is 838 g/mol. The number of phosphoric acid groups is 1. The molecule has 21 heteroatoms. The molecule has 59 heavy (non-hydrogen) atoms. The highest BCUT2D eigenvalue weighted by Gasteiger charge is 2.29. The van der Waals surface area contributed by atoms with Crippen LogP contribution in [0.15, 0.2) is 41.8 Å². The van der Waals surface area contributed by atoms with Crippen molar-refractivity contribution in [1.82, 2.24) is 0 Å². The van der Waals surface area contributed by atoms with Gasteiger partial charge < -0.3 is 42.8 Å². The van der Waals surface area contributed by atoms with Crippen molar-refractivity contribution in [2.24, 2.45) is 0 Å². The first-order valence-electron chi connectivity index (χ1n) is 16.1. The van der Waals surface area contributed by atoms with Crippen molar-refractivity contribution in [3.8, 4) is 0 Å². The third-order valence-corrected chi connectivity index (χ3v) is 7.72. The lowest BCUT2D eigenvalue weighted by molar-refractivity contribution is -0.144. The molecule has 2 unspecified atom stereocenters. The summed E-state index contributed by atoms with van der Waals surface area (Å²) in [6, 6.07) is 6.50. The van der Waals surface area contributed by atoms with Crippen LogP contribution in [0.5, 0.6) is 0 Å². The van der Waals surface area contributed by atoms with E-state index in [1.54, 1.807) is 54.8 Å². The van der Waals surface area contributed by atoms with Gasteiger partial charge in [0.15, 0.2) is 6.66 Å². The zero-order valence-electron chi connectivity index (χ0n) is 36.2. The van der Waals surface area contributed by atoms with Gasteiger partial charge in [0.25, 0.3) is 16.6 Å². The molecule has 0 spiro atoms. The molecule has 1 aromatic carbocycles. The van der Waals surface area contributed by atoms with E-state index in [-0.39, 0.29) is 47.2 Å². The van der Waals surface area contributed by atoms with Crippen molar-refractivity contribution in [2.75, 3.05) is 111 Å². The smallest absolute Gasteiger partial charge is 0.471 e. The van der Waals surface area contributed by atoms with E-state index in [2.05, 4.69) is 61.9 Å². The monoisotopic (exact) mass is 928 g/mol. The molecule has 0 saturated heterocycles. The summed E-state index contributed by atoms with van der Waals surface area (Å²) in [6.07, 6.45) is 4.46. The summed E-state index contributed by atoms with van der Waals surface area (Å²) in [7, 11) is 6.58. The fourth-order valence-corrected chi connectivity index (χ4v) is 3.62. The van der Waals surface area contributed by atoms with Crippen LogP contribution < -0.4 is 0 Å². The molecule has 0 aliphatic heterocycles. The lowest BCUT2D eigenvalue weighted by atomic mass is 10.2. The van der Waals surface area contributed by atoms with Crippen molar-refractivity contribution in [3.63, 3.8) is 0 Å². The Morgan fingerprint density at radius 1 is 0.831 bits per heavy atom. The van der Waals surface area contributed by atoms with E-state index < -0.39 is 26.0 Å². The SMILES string of the molecule is C.C.C.C.C=CCC.CCCOC.COC.COC(C)C.COC=O.COCC(=O)OC.COCCOC.COP(=O)(O)O[P+](C)=O.COS(=O)(=O)c1ccc(C)cc1. The number of hydrogen-bond acceptors (Lipinski definition) is 17. The van der Waals surface area contributed by atoms with Gasteiger partial charge in [0.2, 0.25) is 0 Å². The number of phosphoric ester groups is 1. The number of allylic oxidation sites excluding steroid dienone is 1. The molecule has 1 N–H and O–H groups in total. The molecule has 364 valence electrons.